The molecule has 0 aromatic heterocycles. The number of rotatable bonds is 7. The van der Waals surface area contributed by atoms with Crippen LogP contribution in [-0.4, -0.2) is 43.2 Å². The van der Waals surface area contributed by atoms with E-state index in [1.807, 2.05) is 19.1 Å². The summed E-state index contributed by atoms with van der Waals surface area (Å²) < 4.78 is 5.19. The van der Waals surface area contributed by atoms with Crippen molar-refractivity contribution in [1.29, 1.82) is 0 Å². The Bertz CT molecular complexity index is 545. The third-order valence-corrected chi connectivity index (χ3v) is 3.49. The van der Waals surface area contributed by atoms with Gasteiger partial charge in [-0.15, -0.1) is 0 Å². The number of benzene rings is 1. The Morgan fingerprint density at radius 1 is 1.36 bits per heavy atom. The molecule has 0 fully saturated rings. The molecule has 6 nitrogen and oxygen atoms in total. The van der Waals surface area contributed by atoms with E-state index in [1.54, 1.807) is 11.0 Å². The van der Waals surface area contributed by atoms with Gasteiger partial charge in [0.25, 0.3) is 0 Å². The molecule has 22 heavy (non-hydrogen) atoms. The number of anilines is 1. The van der Waals surface area contributed by atoms with Gasteiger partial charge in [0.05, 0.1) is 12.2 Å². The van der Waals surface area contributed by atoms with Crippen molar-refractivity contribution in [2.75, 3.05) is 31.1 Å². The van der Waals surface area contributed by atoms with Crippen molar-refractivity contribution >= 4 is 17.6 Å². The summed E-state index contributed by atoms with van der Waals surface area (Å²) in [5, 5.41) is 11.5. The molecular weight excluding hydrogens is 284 g/mol. The monoisotopic (exact) mass is 306 g/mol. The molecule has 0 radical (unpaired) electrons. The second-order valence-corrected chi connectivity index (χ2v) is 5.44. The van der Waals surface area contributed by atoms with E-state index in [0.717, 1.165) is 30.5 Å². The van der Waals surface area contributed by atoms with Gasteiger partial charge in [-0.2, -0.15) is 0 Å². The fourth-order valence-corrected chi connectivity index (χ4v) is 2.37. The molecular formula is C16H22N2O4. The van der Waals surface area contributed by atoms with Gasteiger partial charge in [0.15, 0.2) is 5.75 Å². The predicted octanol–water partition coefficient (Wildman–Crippen LogP) is 0.999. The fraction of sp³-hybridized carbons (Fsp3) is 0.500. The number of hydrogen-bond donors (Lipinski definition) is 2. The first kappa shape index (κ1) is 16.3. The van der Waals surface area contributed by atoms with E-state index in [2.05, 4.69) is 5.32 Å². The average Bonchev–Trinajstić information content (AvgIpc) is 2.47. The number of carbonyl (C=O) groups excluding carboxylic acids is 2. The zero-order chi connectivity index (χ0) is 15.9. The summed E-state index contributed by atoms with van der Waals surface area (Å²) in [7, 11) is 0. The molecule has 6 heteroatoms. The smallest absolute Gasteiger partial charge is 0.331 e. The number of ether oxygens (including phenoxy) is 1. The van der Waals surface area contributed by atoms with Gasteiger partial charge in [0.2, 0.25) is 5.91 Å². The van der Waals surface area contributed by atoms with Crippen molar-refractivity contribution in [2.45, 2.75) is 26.2 Å². The molecule has 0 aliphatic carbocycles. The number of aliphatic hydroxyl groups excluding tert-OH is 1. The first-order chi connectivity index (χ1) is 10.6. The molecule has 1 aliphatic rings. The van der Waals surface area contributed by atoms with Crippen LogP contribution in [0.25, 0.3) is 0 Å². The van der Waals surface area contributed by atoms with Crippen LogP contribution in [0, 0.1) is 6.92 Å². The maximum atomic E-state index is 12.0. The summed E-state index contributed by atoms with van der Waals surface area (Å²) in [6.45, 7) is 2.92. The lowest BCUT2D eigenvalue weighted by atomic mass is 10.1. The summed E-state index contributed by atoms with van der Waals surface area (Å²) in [5.41, 5.74) is 1.82. The largest absolute Gasteiger partial charge is 0.423 e. The van der Waals surface area contributed by atoms with Gasteiger partial charge in [-0.25, -0.2) is 4.79 Å². The van der Waals surface area contributed by atoms with Gasteiger partial charge >= 0.3 is 5.97 Å². The first-order valence-corrected chi connectivity index (χ1v) is 7.54. The summed E-state index contributed by atoms with van der Waals surface area (Å²) in [6, 6.07) is 5.54. The van der Waals surface area contributed by atoms with Gasteiger partial charge in [0.1, 0.15) is 6.54 Å². The van der Waals surface area contributed by atoms with Crippen molar-refractivity contribution in [1.82, 2.24) is 5.32 Å². The van der Waals surface area contributed by atoms with Gasteiger partial charge in [-0.05, 0) is 43.9 Å². The van der Waals surface area contributed by atoms with E-state index in [1.165, 1.54) is 0 Å². The molecule has 1 aromatic carbocycles. The van der Waals surface area contributed by atoms with Crippen molar-refractivity contribution in [3.8, 4) is 5.75 Å². The Hall–Kier alpha value is -2.08. The van der Waals surface area contributed by atoms with Gasteiger partial charge < -0.3 is 20.1 Å². The lowest BCUT2D eigenvalue weighted by molar-refractivity contribution is -0.133. The first-order valence-electron chi connectivity index (χ1n) is 7.54. The molecule has 2 rings (SSSR count). The lowest BCUT2D eigenvalue weighted by Gasteiger charge is -2.29. The van der Waals surface area contributed by atoms with Crippen LogP contribution in [0.15, 0.2) is 18.2 Å². The number of unbranched alkanes of at least 4 members (excludes halogenated alkanes) is 2. The van der Waals surface area contributed by atoms with Crippen LogP contribution in [0.2, 0.25) is 0 Å². The summed E-state index contributed by atoms with van der Waals surface area (Å²) in [6.07, 6.45) is 2.47. The second kappa shape index (κ2) is 7.79. The van der Waals surface area contributed by atoms with Crippen LogP contribution in [0.1, 0.15) is 24.8 Å². The summed E-state index contributed by atoms with van der Waals surface area (Å²) >= 11 is 0. The second-order valence-electron chi connectivity index (χ2n) is 5.44. The van der Waals surface area contributed by atoms with Crippen LogP contribution in [0.4, 0.5) is 5.69 Å². The third kappa shape index (κ3) is 4.46. The molecule has 0 spiro atoms. The SMILES string of the molecule is Cc1ccc2c(c1)N(CC(=O)NCCCCCO)CC(=O)O2. The van der Waals surface area contributed by atoms with E-state index in [0.29, 0.717) is 12.3 Å². The summed E-state index contributed by atoms with van der Waals surface area (Å²) in [5.74, 6) is 0.0239. The molecule has 120 valence electrons. The van der Waals surface area contributed by atoms with Gasteiger partial charge in [0, 0.05) is 13.2 Å². The highest BCUT2D eigenvalue weighted by Crippen LogP contribution is 2.32. The predicted molar refractivity (Wildman–Crippen MR) is 83.0 cm³/mol. The average molecular weight is 306 g/mol. The van der Waals surface area contributed by atoms with Crippen LogP contribution in [-0.2, 0) is 9.59 Å². The molecule has 0 bridgehead atoms. The standard InChI is InChI=1S/C16H22N2O4/c1-12-5-6-14-13(9-12)18(11-16(21)22-14)10-15(20)17-7-3-2-4-8-19/h5-6,9,19H,2-4,7-8,10-11H2,1H3,(H,17,20). The number of fused-ring (bicyclic) bond motifs is 1. The van der Waals surface area contributed by atoms with E-state index in [9.17, 15) is 9.59 Å². The Morgan fingerprint density at radius 3 is 2.95 bits per heavy atom. The Labute approximate surface area is 130 Å². The molecule has 0 atom stereocenters. The normalized spacial score (nSPS) is 13.5. The molecule has 2 N–H and O–H groups in total. The molecule has 0 saturated carbocycles. The maximum Gasteiger partial charge on any atom is 0.331 e. The number of nitrogens with one attached hydrogen (secondary N) is 1. The number of aliphatic hydroxyl groups is 1. The van der Waals surface area contributed by atoms with E-state index in [4.69, 9.17) is 9.84 Å². The van der Waals surface area contributed by atoms with Crippen LogP contribution < -0.4 is 15.0 Å². The third-order valence-electron chi connectivity index (χ3n) is 3.49. The van der Waals surface area contributed by atoms with E-state index >= 15 is 0 Å². The fourth-order valence-electron chi connectivity index (χ4n) is 2.37. The maximum absolute atomic E-state index is 12.0. The van der Waals surface area contributed by atoms with Gasteiger partial charge in [-0.3, -0.25) is 4.79 Å². The van der Waals surface area contributed by atoms with Crippen molar-refractivity contribution in [2.24, 2.45) is 0 Å². The molecule has 1 heterocycles. The molecule has 1 aliphatic heterocycles. The number of aryl methyl sites for hydroxylation is 1. The van der Waals surface area contributed by atoms with Crippen LogP contribution >= 0.6 is 0 Å². The Kier molecular flexibility index (Phi) is 5.77. The van der Waals surface area contributed by atoms with Crippen molar-refractivity contribution in [3.05, 3.63) is 23.8 Å². The Balaban J connectivity index is 1.91. The number of carbonyl (C=O) groups is 2. The van der Waals surface area contributed by atoms with Crippen LogP contribution in [0.3, 0.4) is 0 Å². The molecule has 1 aromatic rings. The minimum absolute atomic E-state index is 0.0778. The van der Waals surface area contributed by atoms with Crippen LogP contribution in [0.5, 0.6) is 5.75 Å². The number of nitrogens with zero attached hydrogens (tertiary/aromatic N) is 1. The van der Waals surface area contributed by atoms with E-state index < -0.39 is 0 Å². The highest BCUT2D eigenvalue weighted by atomic mass is 16.5. The Morgan fingerprint density at radius 2 is 2.18 bits per heavy atom. The number of esters is 1. The number of amides is 1. The minimum atomic E-state index is -0.355. The molecule has 0 unspecified atom stereocenters. The highest BCUT2D eigenvalue weighted by Gasteiger charge is 2.25. The van der Waals surface area contributed by atoms with Crippen molar-refractivity contribution < 1.29 is 19.4 Å². The summed E-state index contributed by atoms with van der Waals surface area (Å²) in [4.78, 5) is 25.3. The van der Waals surface area contributed by atoms with Crippen molar-refractivity contribution in [3.63, 3.8) is 0 Å². The number of hydrogen-bond acceptors (Lipinski definition) is 5. The molecule has 1 amide bonds. The molecule has 0 saturated heterocycles. The highest BCUT2D eigenvalue weighted by molar-refractivity contribution is 5.89. The van der Waals surface area contributed by atoms with E-state index in [-0.39, 0.29) is 31.6 Å². The minimum Gasteiger partial charge on any atom is -0.423 e. The zero-order valence-electron chi connectivity index (χ0n) is 12.8. The van der Waals surface area contributed by atoms with Gasteiger partial charge in [-0.1, -0.05) is 6.07 Å². The quantitative estimate of drug-likeness (QED) is 0.446. The lowest BCUT2D eigenvalue weighted by Crippen LogP contribution is -2.43. The zero-order valence-corrected chi connectivity index (χ0v) is 12.8. The topological polar surface area (TPSA) is 78.9 Å².